The lowest BCUT2D eigenvalue weighted by Gasteiger charge is -2.16. The topological polar surface area (TPSA) is 63.7 Å². The van der Waals surface area contributed by atoms with Gasteiger partial charge in [-0.25, -0.2) is 4.79 Å². The Morgan fingerprint density at radius 2 is 1.76 bits per heavy atom. The molecule has 5 nitrogen and oxygen atoms in total. The average Bonchev–Trinajstić information content (AvgIpc) is 2.30. The average molecular weight is 235 g/mol. The first kappa shape index (κ1) is 12.9. The van der Waals surface area contributed by atoms with Gasteiger partial charge in [-0.05, 0) is 19.1 Å². The molecule has 1 aromatic rings. The predicted molar refractivity (Wildman–Crippen MR) is 60.3 cm³/mol. The van der Waals surface area contributed by atoms with Crippen molar-refractivity contribution in [3.8, 4) is 0 Å². The van der Waals surface area contributed by atoms with Gasteiger partial charge in [-0.2, -0.15) is 4.90 Å². The molecular weight excluding hydrogens is 222 g/mol. The Balaban J connectivity index is 2.97. The summed E-state index contributed by atoms with van der Waals surface area (Å²) in [6, 6.07) is 8.08. The predicted octanol–water partition coefficient (Wildman–Crippen LogP) is 1.83. The second kappa shape index (κ2) is 5.79. The Morgan fingerprint density at radius 1 is 1.18 bits per heavy atom. The van der Waals surface area contributed by atoms with Crippen molar-refractivity contribution in [2.24, 2.45) is 0 Å². The van der Waals surface area contributed by atoms with Gasteiger partial charge in [0.1, 0.15) is 0 Å². The lowest BCUT2D eigenvalue weighted by molar-refractivity contribution is -0.124. The monoisotopic (exact) mass is 235 g/mol. The van der Waals surface area contributed by atoms with Crippen molar-refractivity contribution >= 4 is 17.9 Å². The molecule has 90 valence electrons. The molecule has 0 radical (unpaired) electrons. The highest BCUT2D eigenvalue weighted by molar-refractivity contribution is 6.14. The van der Waals surface area contributed by atoms with Gasteiger partial charge in [-0.1, -0.05) is 18.2 Å². The number of carbonyl (C=O) groups is 3. The van der Waals surface area contributed by atoms with Crippen LogP contribution in [0.2, 0.25) is 0 Å². The Bertz CT molecular complexity index is 427. The van der Waals surface area contributed by atoms with E-state index >= 15 is 0 Å². The van der Waals surface area contributed by atoms with Crippen molar-refractivity contribution in [3.05, 3.63) is 35.9 Å². The minimum absolute atomic E-state index is 0.102. The molecule has 0 aromatic heterocycles. The number of ether oxygens (including phenoxy) is 1. The third-order valence-corrected chi connectivity index (χ3v) is 1.99. The molecule has 0 saturated heterocycles. The molecule has 0 aliphatic rings. The molecule has 0 atom stereocenters. The Labute approximate surface area is 99.0 Å². The summed E-state index contributed by atoms with van der Waals surface area (Å²) in [5.74, 6) is -1.35. The Kier molecular flexibility index (Phi) is 4.39. The molecule has 0 saturated carbocycles. The third-order valence-electron chi connectivity index (χ3n) is 1.99. The van der Waals surface area contributed by atoms with Crippen LogP contribution in [0.3, 0.4) is 0 Å². The molecule has 3 amide bonds. The van der Waals surface area contributed by atoms with E-state index in [2.05, 4.69) is 4.74 Å². The molecule has 0 heterocycles. The molecule has 0 aliphatic carbocycles. The van der Waals surface area contributed by atoms with Gasteiger partial charge in [0.05, 0.1) is 6.61 Å². The number of nitrogens with zero attached hydrogens (tertiary/aromatic N) is 1. The smallest absolute Gasteiger partial charge is 0.423 e. The van der Waals surface area contributed by atoms with E-state index in [0.29, 0.717) is 4.90 Å². The summed E-state index contributed by atoms with van der Waals surface area (Å²) in [5, 5.41) is 0. The van der Waals surface area contributed by atoms with Crippen molar-refractivity contribution in [2.75, 3.05) is 6.61 Å². The van der Waals surface area contributed by atoms with Gasteiger partial charge in [0.15, 0.2) is 0 Å². The van der Waals surface area contributed by atoms with Gasteiger partial charge in [-0.15, -0.1) is 0 Å². The van der Waals surface area contributed by atoms with E-state index in [9.17, 15) is 14.4 Å². The fourth-order valence-corrected chi connectivity index (χ4v) is 1.25. The summed E-state index contributed by atoms with van der Waals surface area (Å²) < 4.78 is 4.65. The van der Waals surface area contributed by atoms with Crippen LogP contribution in [0.4, 0.5) is 4.79 Å². The molecule has 17 heavy (non-hydrogen) atoms. The number of benzene rings is 1. The lowest BCUT2D eigenvalue weighted by Crippen LogP contribution is -2.40. The van der Waals surface area contributed by atoms with Crippen molar-refractivity contribution in [2.45, 2.75) is 13.8 Å². The maximum absolute atomic E-state index is 11.9. The first-order chi connectivity index (χ1) is 8.07. The van der Waals surface area contributed by atoms with Crippen LogP contribution < -0.4 is 0 Å². The third kappa shape index (κ3) is 3.14. The lowest BCUT2D eigenvalue weighted by atomic mass is 10.2. The maximum Gasteiger partial charge on any atom is 0.423 e. The molecule has 0 spiro atoms. The number of rotatable bonds is 2. The summed E-state index contributed by atoms with van der Waals surface area (Å²) in [5.41, 5.74) is 0.260. The second-order valence-corrected chi connectivity index (χ2v) is 3.22. The van der Waals surface area contributed by atoms with E-state index in [4.69, 9.17) is 0 Å². The van der Waals surface area contributed by atoms with Crippen molar-refractivity contribution in [1.82, 2.24) is 4.90 Å². The van der Waals surface area contributed by atoms with E-state index in [-0.39, 0.29) is 12.2 Å². The van der Waals surface area contributed by atoms with E-state index in [0.717, 1.165) is 6.92 Å². The van der Waals surface area contributed by atoms with Crippen molar-refractivity contribution in [1.29, 1.82) is 0 Å². The van der Waals surface area contributed by atoms with Gasteiger partial charge >= 0.3 is 6.09 Å². The second-order valence-electron chi connectivity index (χ2n) is 3.22. The normalized spacial score (nSPS) is 9.53. The van der Waals surface area contributed by atoms with Gasteiger partial charge in [0.2, 0.25) is 5.91 Å². The van der Waals surface area contributed by atoms with Crippen molar-refractivity contribution < 1.29 is 19.1 Å². The number of carbonyl (C=O) groups excluding carboxylic acids is 3. The molecule has 0 N–H and O–H groups in total. The molecular formula is C12H13NO4. The van der Waals surface area contributed by atoms with Crippen LogP contribution in [-0.4, -0.2) is 29.4 Å². The SMILES string of the molecule is CCOC(=O)N(C(C)=O)C(=O)c1ccccc1. The zero-order valence-corrected chi connectivity index (χ0v) is 9.67. The summed E-state index contributed by atoms with van der Waals surface area (Å²) in [7, 11) is 0. The van der Waals surface area contributed by atoms with E-state index in [1.165, 1.54) is 12.1 Å². The van der Waals surface area contributed by atoms with E-state index in [1.54, 1.807) is 25.1 Å². The van der Waals surface area contributed by atoms with Gasteiger partial charge in [-0.3, -0.25) is 9.59 Å². The Hall–Kier alpha value is -2.17. The molecule has 5 heteroatoms. The van der Waals surface area contributed by atoms with Gasteiger partial charge in [0, 0.05) is 12.5 Å². The van der Waals surface area contributed by atoms with Gasteiger partial charge in [0.25, 0.3) is 5.91 Å². The molecule has 0 bridgehead atoms. The largest absolute Gasteiger partial charge is 0.449 e. The summed E-state index contributed by atoms with van der Waals surface area (Å²) in [4.78, 5) is 35.1. The number of amides is 3. The van der Waals surface area contributed by atoms with Gasteiger partial charge < -0.3 is 4.74 Å². The van der Waals surface area contributed by atoms with Crippen LogP contribution in [0, 0.1) is 0 Å². The maximum atomic E-state index is 11.9. The van der Waals surface area contributed by atoms with Crippen molar-refractivity contribution in [3.63, 3.8) is 0 Å². The minimum Gasteiger partial charge on any atom is -0.449 e. The highest BCUT2D eigenvalue weighted by atomic mass is 16.6. The summed E-state index contributed by atoms with van der Waals surface area (Å²) in [6.07, 6.45) is -0.950. The molecule has 0 aliphatic heterocycles. The zero-order valence-electron chi connectivity index (χ0n) is 9.67. The van der Waals surface area contributed by atoms with Crippen LogP contribution >= 0.6 is 0 Å². The highest BCUT2D eigenvalue weighted by Gasteiger charge is 2.27. The number of imide groups is 3. The first-order valence-electron chi connectivity index (χ1n) is 5.14. The van der Waals surface area contributed by atoms with Crippen LogP contribution in [0.15, 0.2) is 30.3 Å². The van der Waals surface area contributed by atoms with Crippen LogP contribution in [0.5, 0.6) is 0 Å². The first-order valence-corrected chi connectivity index (χ1v) is 5.14. The Morgan fingerprint density at radius 3 is 2.24 bits per heavy atom. The molecule has 1 aromatic carbocycles. The quantitative estimate of drug-likeness (QED) is 0.784. The van der Waals surface area contributed by atoms with Crippen LogP contribution in [0.25, 0.3) is 0 Å². The zero-order chi connectivity index (χ0) is 12.8. The minimum atomic E-state index is -0.950. The van der Waals surface area contributed by atoms with E-state index in [1.807, 2.05) is 0 Å². The standard InChI is InChI=1S/C12H13NO4/c1-3-17-12(16)13(9(2)14)11(15)10-7-5-4-6-8-10/h4-8H,3H2,1-2H3. The fraction of sp³-hybridized carbons (Fsp3) is 0.250. The molecule has 0 unspecified atom stereocenters. The number of hydrogen-bond donors (Lipinski definition) is 0. The van der Waals surface area contributed by atoms with Crippen LogP contribution in [0.1, 0.15) is 24.2 Å². The molecule has 1 rings (SSSR count). The summed E-state index contributed by atoms with van der Waals surface area (Å²) in [6.45, 7) is 2.84. The van der Waals surface area contributed by atoms with Crippen LogP contribution in [-0.2, 0) is 9.53 Å². The van der Waals surface area contributed by atoms with E-state index < -0.39 is 17.9 Å². The highest BCUT2D eigenvalue weighted by Crippen LogP contribution is 2.06. The number of hydrogen-bond acceptors (Lipinski definition) is 4. The summed E-state index contributed by atoms with van der Waals surface area (Å²) >= 11 is 0. The molecule has 0 fully saturated rings. The fourth-order valence-electron chi connectivity index (χ4n) is 1.25.